The van der Waals surface area contributed by atoms with E-state index >= 15 is 0 Å². The van der Waals surface area contributed by atoms with Crippen LogP contribution in [0.25, 0.3) is 0 Å². The standard InChI is InChI=1S/C15H12ClF3N2O/c1-21(14(22)10-6-7-13(16)20-8-10)9-11-4-2-3-5-12(11)15(17,18)19/h2-8H,9H2,1H3. The van der Waals surface area contributed by atoms with E-state index in [-0.39, 0.29) is 22.8 Å². The first-order valence-corrected chi connectivity index (χ1v) is 6.69. The zero-order chi connectivity index (χ0) is 16.3. The molecule has 1 aromatic heterocycles. The fourth-order valence-corrected chi connectivity index (χ4v) is 2.10. The van der Waals surface area contributed by atoms with Gasteiger partial charge in [-0.05, 0) is 23.8 Å². The second kappa shape index (κ2) is 6.36. The molecule has 7 heteroatoms. The Bertz CT molecular complexity index is 671. The van der Waals surface area contributed by atoms with Crippen molar-refractivity contribution in [1.82, 2.24) is 9.88 Å². The smallest absolute Gasteiger partial charge is 0.337 e. The Balaban J connectivity index is 2.20. The summed E-state index contributed by atoms with van der Waals surface area (Å²) in [7, 11) is 1.43. The van der Waals surface area contributed by atoms with Crippen LogP contribution in [-0.4, -0.2) is 22.8 Å². The summed E-state index contributed by atoms with van der Waals surface area (Å²) in [6.45, 7) is -0.156. The van der Waals surface area contributed by atoms with Crippen LogP contribution in [0.2, 0.25) is 5.15 Å². The van der Waals surface area contributed by atoms with E-state index in [1.54, 1.807) is 0 Å². The fourth-order valence-electron chi connectivity index (χ4n) is 1.98. The highest BCUT2D eigenvalue weighted by Crippen LogP contribution is 2.32. The van der Waals surface area contributed by atoms with E-state index in [9.17, 15) is 18.0 Å². The largest absolute Gasteiger partial charge is 0.416 e. The minimum Gasteiger partial charge on any atom is -0.337 e. The Morgan fingerprint density at radius 3 is 2.50 bits per heavy atom. The third-order valence-electron chi connectivity index (χ3n) is 3.05. The highest BCUT2D eigenvalue weighted by atomic mass is 35.5. The molecule has 2 aromatic rings. The van der Waals surface area contributed by atoms with Crippen LogP contribution in [0.1, 0.15) is 21.5 Å². The van der Waals surface area contributed by atoms with Gasteiger partial charge < -0.3 is 4.90 Å². The Morgan fingerprint density at radius 2 is 1.91 bits per heavy atom. The third-order valence-corrected chi connectivity index (χ3v) is 3.27. The number of carbonyl (C=O) groups is 1. The molecule has 0 aliphatic rings. The van der Waals surface area contributed by atoms with Crippen LogP contribution in [-0.2, 0) is 12.7 Å². The van der Waals surface area contributed by atoms with Crippen molar-refractivity contribution in [2.45, 2.75) is 12.7 Å². The van der Waals surface area contributed by atoms with Crippen molar-refractivity contribution in [3.05, 3.63) is 64.4 Å². The summed E-state index contributed by atoms with van der Waals surface area (Å²) < 4.78 is 38.8. The van der Waals surface area contributed by atoms with Crippen LogP contribution in [0.5, 0.6) is 0 Å². The molecular formula is C15H12ClF3N2O. The average molecular weight is 329 g/mol. The van der Waals surface area contributed by atoms with E-state index in [1.807, 2.05) is 0 Å². The van der Waals surface area contributed by atoms with E-state index in [1.165, 1.54) is 48.5 Å². The fraction of sp³-hybridized carbons (Fsp3) is 0.200. The van der Waals surface area contributed by atoms with Crippen molar-refractivity contribution in [1.29, 1.82) is 0 Å². The van der Waals surface area contributed by atoms with Gasteiger partial charge in [-0.3, -0.25) is 4.79 Å². The van der Waals surface area contributed by atoms with Crippen LogP contribution in [0.3, 0.4) is 0 Å². The maximum absolute atomic E-state index is 12.9. The normalized spacial score (nSPS) is 11.3. The first kappa shape index (κ1) is 16.3. The van der Waals surface area contributed by atoms with Crippen molar-refractivity contribution in [2.24, 2.45) is 0 Å². The predicted molar refractivity (Wildman–Crippen MR) is 76.5 cm³/mol. The van der Waals surface area contributed by atoms with Crippen molar-refractivity contribution >= 4 is 17.5 Å². The summed E-state index contributed by atoms with van der Waals surface area (Å²) in [5.74, 6) is -0.429. The lowest BCUT2D eigenvalue weighted by atomic mass is 10.1. The molecule has 0 aliphatic heterocycles. The average Bonchev–Trinajstić information content (AvgIpc) is 2.46. The van der Waals surface area contributed by atoms with E-state index < -0.39 is 17.6 Å². The number of pyridine rings is 1. The lowest BCUT2D eigenvalue weighted by Crippen LogP contribution is -2.27. The molecule has 2 rings (SSSR count). The number of nitrogens with zero attached hydrogens (tertiary/aromatic N) is 2. The molecule has 0 unspecified atom stereocenters. The molecule has 22 heavy (non-hydrogen) atoms. The molecule has 1 amide bonds. The van der Waals surface area contributed by atoms with Gasteiger partial charge in [0.05, 0.1) is 11.1 Å². The molecule has 0 N–H and O–H groups in total. The second-order valence-corrected chi connectivity index (χ2v) is 5.07. The zero-order valence-corrected chi connectivity index (χ0v) is 12.3. The zero-order valence-electron chi connectivity index (χ0n) is 11.6. The van der Waals surface area contributed by atoms with E-state index in [2.05, 4.69) is 4.98 Å². The van der Waals surface area contributed by atoms with Gasteiger partial charge in [-0.25, -0.2) is 4.98 Å². The quantitative estimate of drug-likeness (QED) is 0.797. The number of hydrogen-bond donors (Lipinski definition) is 0. The number of carbonyl (C=O) groups excluding carboxylic acids is 1. The van der Waals surface area contributed by atoms with Gasteiger partial charge in [0.2, 0.25) is 0 Å². The number of rotatable bonds is 3. The van der Waals surface area contributed by atoms with Crippen molar-refractivity contribution in [3.63, 3.8) is 0 Å². The number of alkyl halides is 3. The molecule has 0 saturated heterocycles. The predicted octanol–water partition coefficient (Wildman–Crippen LogP) is 4.03. The molecule has 0 radical (unpaired) electrons. The summed E-state index contributed by atoms with van der Waals surface area (Å²) in [5.41, 5.74) is -0.451. The topological polar surface area (TPSA) is 33.2 Å². The minimum atomic E-state index is -4.46. The number of benzene rings is 1. The molecule has 0 fully saturated rings. The van der Waals surface area contributed by atoms with Crippen LogP contribution in [0.15, 0.2) is 42.6 Å². The van der Waals surface area contributed by atoms with Crippen LogP contribution < -0.4 is 0 Å². The summed E-state index contributed by atoms with van der Waals surface area (Å²) in [4.78, 5) is 17.2. The minimum absolute atomic E-state index is 0.0350. The Hall–Kier alpha value is -2.08. The maximum atomic E-state index is 12.9. The molecule has 1 heterocycles. The van der Waals surface area contributed by atoms with E-state index in [4.69, 9.17) is 11.6 Å². The van der Waals surface area contributed by atoms with Crippen LogP contribution in [0, 0.1) is 0 Å². The molecule has 0 bridgehead atoms. The van der Waals surface area contributed by atoms with Gasteiger partial charge in [0, 0.05) is 19.8 Å². The molecular weight excluding hydrogens is 317 g/mol. The molecule has 116 valence electrons. The summed E-state index contributed by atoms with van der Waals surface area (Å²) in [5, 5.41) is 0.238. The van der Waals surface area contributed by atoms with Crippen molar-refractivity contribution in [3.8, 4) is 0 Å². The Kier molecular flexibility index (Phi) is 4.71. The number of aromatic nitrogens is 1. The summed E-state index contributed by atoms with van der Waals surface area (Å²) >= 11 is 5.64. The lowest BCUT2D eigenvalue weighted by molar-refractivity contribution is -0.138. The molecule has 0 atom stereocenters. The van der Waals surface area contributed by atoms with Gasteiger partial charge in [-0.2, -0.15) is 13.2 Å². The third kappa shape index (κ3) is 3.76. The monoisotopic (exact) mass is 328 g/mol. The van der Waals surface area contributed by atoms with Gasteiger partial charge in [0.25, 0.3) is 5.91 Å². The highest BCUT2D eigenvalue weighted by Gasteiger charge is 2.33. The Labute approximate surface area is 130 Å². The SMILES string of the molecule is CN(Cc1ccccc1C(F)(F)F)C(=O)c1ccc(Cl)nc1. The summed E-state index contributed by atoms with van der Waals surface area (Å²) in [6.07, 6.45) is -3.17. The van der Waals surface area contributed by atoms with Gasteiger partial charge in [-0.1, -0.05) is 29.8 Å². The lowest BCUT2D eigenvalue weighted by Gasteiger charge is -2.20. The molecule has 1 aromatic carbocycles. The van der Waals surface area contributed by atoms with Gasteiger partial charge in [-0.15, -0.1) is 0 Å². The molecule has 0 aliphatic carbocycles. The van der Waals surface area contributed by atoms with Crippen molar-refractivity contribution in [2.75, 3.05) is 7.05 Å². The van der Waals surface area contributed by atoms with Gasteiger partial charge in [0.15, 0.2) is 0 Å². The molecule has 0 saturated carbocycles. The highest BCUT2D eigenvalue weighted by molar-refractivity contribution is 6.29. The summed E-state index contributed by atoms with van der Waals surface area (Å²) in [6, 6.07) is 8.10. The van der Waals surface area contributed by atoms with Crippen LogP contribution in [0.4, 0.5) is 13.2 Å². The van der Waals surface area contributed by atoms with Gasteiger partial charge >= 0.3 is 6.18 Å². The number of amides is 1. The number of halogens is 4. The molecule has 3 nitrogen and oxygen atoms in total. The van der Waals surface area contributed by atoms with Gasteiger partial charge in [0.1, 0.15) is 5.15 Å². The maximum Gasteiger partial charge on any atom is 0.416 e. The van der Waals surface area contributed by atoms with E-state index in [0.29, 0.717) is 0 Å². The second-order valence-electron chi connectivity index (χ2n) is 4.69. The first-order valence-electron chi connectivity index (χ1n) is 6.31. The molecule has 0 spiro atoms. The number of hydrogen-bond acceptors (Lipinski definition) is 2. The van der Waals surface area contributed by atoms with Crippen molar-refractivity contribution < 1.29 is 18.0 Å². The Morgan fingerprint density at radius 1 is 1.23 bits per heavy atom. The van der Waals surface area contributed by atoms with Crippen LogP contribution >= 0.6 is 11.6 Å². The first-order chi connectivity index (χ1) is 10.3. The van der Waals surface area contributed by atoms with E-state index in [0.717, 1.165) is 6.07 Å².